The van der Waals surface area contributed by atoms with Gasteiger partial charge in [-0.05, 0) is 12.1 Å². The van der Waals surface area contributed by atoms with Crippen LogP contribution in [0, 0.1) is 11.6 Å². The predicted octanol–water partition coefficient (Wildman–Crippen LogP) is 0.804. The molecule has 0 spiro atoms. The van der Waals surface area contributed by atoms with E-state index in [2.05, 4.69) is 4.98 Å². The summed E-state index contributed by atoms with van der Waals surface area (Å²) in [6.45, 7) is 0. The lowest BCUT2D eigenvalue weighted by Crippen LogP contribution is -2.34. The van der Waals surface area contributed by atoms with Crippen molar-refractivity contribution in [1.82, 2.24) is 9.55 Å². The van der Waals surface area contributed by atoms with Crippen LogP contribution in [0.2, 0.25) is 0 Å². The number of nitrogens with one attached hydrogen (secondary N) is 1. The highest BCUT2D eigenvalue weighted by Gasteiger charge is 2.06. The van der Waals surface area contributed by atoms with Gasteiger partial charge in [-0.2, -0.15) is 0 Å². The standard InChI is InChI=1S/C10H6F2N2O2/c11-7-2-1-6(5-8(7)12)14-4-3-13-9(15)10(14)16/h1-5H,(H,13,15). The van der Waals surface area contributed by atoms with Crippen LogP contribution >= 0.6 is 0 Å². The summed E-state index contributed by atoms with van der Waals surface area (Å²) in [4.78, 5) is 24.6. The van der Waals surface area contributed by atoms with E-state index in [1.54, 1.807) is 0 Å². The minimum atomic E-state index is -1.08. The third-order valence-electron chi connectivity index (χ3n) is 2.03. The Hall–Kier alpha value is -2.24. The Morgan fingerprint density at radius 3 is 2.56 bits per heavy atom. The Balaban J connectivity index is 2.68. The third kappa shape index (κ3) is 1.65. The van der Waals surface area contributed by atoms with E-state index in [-0.39, 0.29) is 5.69 Å². The number of hydrogen-bond donors (Lipinski definition) is 1. The molecule has 4 nitrogen and oxygen atoms in total. The summed E-state index contributed by atoms with van der Waals surface area (Å²) in [5.74, 6) is -2.09. The van der Waals surface area contributed by atoms with Gasteiger partial charge in [0.1, 0.15) is 0 Å². The summed E-state index contributed by atoms with van der Waals surface area (Å²) < 4.78 is 26.5. The number of H-pyrrole nitrogens is 1. The first-order valence-corrected chi connectivity index (χ1v) is 4.35. The molecule has 0 saturated heterocycles. The average molecular weight is 224 g/mol. The van der Waals surface area contributed by atoms with Gasteiger partial charge in [0.25, 0.3) is 0 Å². The molecule has 0 atom stereocenters. The van der Waals surface area contributed by atoms with E-state index in [0.717, 1.165) is 16.7 Å². The van der Waals surface area contributed by atoms with E-state index in [4.69, 9.17) is 0 Å². The maximum absolute atomic E-state index is 12.9. The number of aromatic amines is 1. The maximum atomic E-state index is 12.9. The van der Waals surface area contributed by atoms with E-state index in [0.29, 0.717) is 0 Å². The van der Waals surface area contributed by atoms with Crippen LogP contribution in [0.15, 0.2) is 40.2 Å². The van der Waals surface area contributed by atoms with Gasteiger partial charge >= 0.3 is 11.1 Å². The van der Waals surface area contributed by atoms with E-state index < -0.39 is 22.8 Å². The molecule has 0 unspecified atom stereocenters. The number of halogens is 2. The van der Waals surface area contributed by atoms with Crippen LogP contribution in [-0.4, -0.2) is 9.55 Å². The first kappa shape index (κ1) is 10.3. The van der Waals surface area contributed by atoms with Gasteiger partial charge in [0.2, 0.25) is 0 Å². The van der Waals surface area contributed by atoms with Gasteiger partial charge in [0.15, 0.2) is 11.6 Å². The van der Waals surface area contributed by atoms with E-state index in [1.807, 2.05) is 0 Å². The monoisotopic (exact) mass is 224 g/mol. The summed E-state index contributed by atoms with van der Waals surface area (Å²) in [5.41, 5.74) is -1.59. The Kier molecular flexibility index (Phi) is 2.40. The van der Waals surface area contributed by atoms with Crippen LogP contribution in [0.5, 0.6) is 0 Å². The topological polar surface area (TPSA) is 54.9 Å². The highest BCUT2D eigenvalue weighted by Crippen LogP contribution is 2.10. The Bertz CT molecular complexity index is 646. The van der Waals surface area contributed by atoms with Crippen molar-refractivity contribution in [2.24, 2.45) is 0 Å². The Morgan fingerprint density at radius 1 is 1.12 bits per heavy atom. The van der Waals surface area contributed by atoms with Gasteiger partial charge in [-0.15, -0.1) is 0 Å². The predicted molar refractivity (Wildman–Crippen MR) is 52.6 cm³/mol. The highest BCUT2D eigenvalue weighted by atomic mass is 19.2. The minimum absolute atomic E-state index is 0.0926. The van der Waals surface area contributed by atoms with Gasteiger partial charge < -0.3 is 4.98 Å². The zero-order chi connectivity index (χ0) is 11.7. The van der Waals surface area contributed by atoms with E-state index in [9.17, 15) is 18.4 Å². The maximum Gasteiger partial charge on any atom is 0.320 e. The van der Waals surface area contributed by atoms with Gasteiger partial charge in [-0.3, -0.25) is 14.2 Å². The molecule has 6 heteroatoms. The summed E-state index contributed by atoms with van der Waals surface area (Å²) >= 11 is 0. The second-order valence-electron chi connectivity index (χ2n) is 3.06. The van der Waals surface area contributed by atoms with Crippen molar-refractivity contribution in [3.8, 4) is 5.69 Å². The minimum Gasteiger partial charge on any atom is -0.323 e. The van der Waals surface area contributed by atoms with Crippen molar-refractivity contribution in [3.05, 3.63) is 62.9 Å². The van der Waals surface area contributed by atoms with Crippen molar-refractivity contribution in [2.45, 2.75) is 0 Å². The molecule has 1 N–H and O–H groups in total. The average Bonchev–Trinajstić information content (AvgIpc) is 2.26. The SMILES string of the molecule is O=c1[nH]ccn(-c2ccc(F)c(F)c2)c1=O. The van der Waals surface area contributed by atoms with Gasteiger partial charge in [-0.1, -0.05) is 0 Å². The molecule has 0 amide bonds. The molecule has 0 aliphatic rings. The number of aromatic nitrogens is 2. The van der Waals surface area contributed by atoms with E-state index >= 15 is 0 Å². The number of benzene rings is 1. The molecule has 0 radical (unpaired) electrons. The largest absolute Gasteiger partial charge is 0.323 e. The quantitative estimate of drug-likeness (QED) is 0.728. The zero-order valence-electron chi connectivity index (χ0n) is 7.91. The highest BCUT2D eigenvalue weighted by molar-refractivity contribution is 5.32. The van der Waals surface area contributed by atoms with Gasteiger partial charge in [-0.25, -0.2) is 8.78 Å². The number of hydrogen-bond acceptors (Lipinski definition) is 2. The lowest BCUT2D eigenvalue weighted by Gasteiger charge is -2.04. The first-order chi connectivity index (χ1) is 7.59. The van der Waals surface area contributed by atoms with Crippen LogP contribution in [0.25, 0.3) is 5.69 Å². The molecule has 1 heterocycles. The normalized spacial score (nSPS) is 10.4. The van der Waals surface area contributed by atoms with Gasteiger partial charge in [0, 0.05) is 18.5 Å². The summed E-state index contributed by atoms with van der Waals surface area (Å²) in [7, 11) is 0. The molecule has 0 aliphatic carbocycles. The Labute approximate surface area is 87.8 Å². The molecular formula is C10H6F2N2O2. The lowest BCUT2D eigenvalue weighted by atomic mass is 10.3. The molecule has 82 valence electrons. The van der Waals surface area contributed by atoms with Crippen molar-refractivity contribution >= 4 is 0 Å². The van der Waals surface area contributed by atoms with Crippen LogP contribution in [-0.2, 0) is 0 Å². The molecule has 16 heavy (non-hydrogen) atoms. The third-order valence-corrected chi connectivity index (χ3v) is 2.03. The molecule has 0 fully saturated rings. The summed E-state index contributed by atoms with van der Waals surface area (Å²) in [5, 5.41) is 0. The fraction of sp³-hybridized carbons (Fsp3) is 0. The van der Waals surface area contributed by atoms with Gasteiger partial charge in [0.05, 0.1) is 5.69 Å². The molecule has 2 aromatic rings. The van der Waals surface area contributed by atoms with E-state index in [1.165, 1.54) is 18.5 Å². The smallest absolute Gasteiger partial charge is 0.320 e. The lowest BCUT2D eigenvalue weighted by molar-refractivity contribution is 0.508. The molecule has 0 saturated carbocycles. The summed E-state index contributed by atoms with van der Waals surface area (Å²) in [6.07, 6.45) is 2.50. The second kappa shape index (κ2) is 3.73. The fourth-order valence-corrected chi connectivity index (χ4v) is 1.26. The van der Waals surface area contributed by atoms with Crippen molar-refractivity contribution in [3.63, 3.8) is 0 Å². The zero-order valence-corrected chi connectivity index (χ0v) is 7.91. The molecule has 0 aliphatic heterocycles. The number of nitrogens with zero attached hydrogens (tertiary/aromatic N) is 1. The number of rotatable bonds is 1. The van der Waals surface area contributed by atoms with Crippen molar-refractivity contribution < 1.29 is 8.78 Å². The van der Waals surface area contributed by atoms with Crippen molar-refractivity contribution in [2.75, 3.05) is 0 Å². The summed E-state index contributed by atoms with van der Waals surface area (Å²) in [6, 6.07) is 2.94. The molecule has 0 bridgehead atoms. The molecule has 2 rings (SSSR count). The molecule has 1 aromatic heterocycles. The first-order valence-electron chi connectivity index (χ1n) is 4.35. The fourth-order valence-electron chi connectivity index (χ4n) is 1.26. The van der Waals surface area contributed by atoms with Crippen molar-refractivity contribution in [1.29, 1.82) is 0 Å². The van der Waals surface area contributed by atoms with Crippen LogP contribution in [0.1, 0.15) is 0 Å². The Morgan fingerprint density at radius 2 is 1.88 bits per heavy atom. The van der Waals surface area contributed by atoms with Crippen LogP contribution < -0.4 is 11.1 Å². The van der Waals surface area contributed by atoms with Crippen LogP contribution in [0.4, 0.5) is 8.78 Å². The molecular weight excluding hydrogens is 218 g/mol. The van der Waals surface area contributed by atoms with Crippen LogP contribution in [0.3, 0.4) is 0 Å². The molecule has 1 aromatic carbocycles. The second-order valence-corrected chi connectivity index (χ2v) is 3.06.